The average molecular weight is 513 g/mol. The lowest BCUT2D eigenvalue weighted by Crippen LogP contribution is -2.51. The summed E-state index contributed by atoms with van der Waals surface area (Å²) in [6, 6.07) is 13.4. The van der Waals surface area contributed by atoms with E-state index in [2.05, 4.69) is 37.5 Å². The molecule has 0 saturated carbocycles. The van der Waals surface area contributed by atoms with Gasteiger partial charge in [-0.15, -0.1) is 0 Å². The van der Waals surface area contributed by atoms with Gasteiger partial charge in [-0.1, -0.05) is 37.3 Å². The van der Waals surface area contributed by atoms with Crippen LogP contribution in [0.5, 0.6) is 5.75 Å². The molecule has 0 radical (unpaired) electrons. The number of amides is 2. The van der Waals surface area contributed by atoms with Crippen molar-refractivity contribution in [2.24, 2.45) is 5.92 Å². The molecule has 0 aromatic heterocycles. The predicted molar refractivity (Wildman–Crippen MR) is 141 cm³/mol. The van der Waals surface area contributed by atoms with Crippen LogP contribution >= 0.6 is 0 Å². The number of fused-ring (bicyclic) bond motifs is 2. The number of hydrogen-bond donors (Lipinski definition) is 3. The number of ether oxygens (including phenoxy) is 2. The molecule has 2 aromatic rings. The second-order valence-electron chi connectivity index (χ2n) is 10.4. The largest absolute Gasteiger partial charge is 0.497 e. The third kappa shape index (κ3) is 4.04. The van der Waals surface area contributed by atoms with Crippen LogP contribution in [0, 0.1) is 5.92 Å². The number of aliphatic hydroxyl groups is 2. The van der Waals surface area contributed by atoms with E-state index in [0.29, 0.717) is 17.7 Å². The number of aliphatic hydroxyl groups excluding tert-OH is 2. The molecule has 5 atom stereocenters. The lowest BCUT2D eigenvalue weighted by molar-refractivity contribution is -0.145. The van der Waals surface area contributed by atoms with Gasteiger partial charge in [-0.25, -0.2) is 0 Å². The molecular formula is C27H36N2O6Si. The van der Waals surface area contributed by atoms with E-state index >= 15 is 0 Å². The summed E-state index contributed by atoms with van der Waals surface area (Å²) in [4.78, 5) is 27.6. The summed E-state index contributed by atoms with van der Waals surface area (Å²) in [6.07, 6.45) is -1.05. The predicted octanol–water partition coefficient (Wildman–Crippen LogP) is 2.59. The van der Waals surface area contributed by atoms with Gasteiger partial charge in [0.2, 0.25) is 0 Å². The highest BCUT2D eigenvalue weighted by molar-refractivity contribution is 6.91. The summed E-state index contributed by atoms with van der Waals surface area (Å²) in [6.45, 7) is 8.00. The number of carbonyl (C=O) groups is 2. The van der Waals surface area contributed by atoms with Gasteiger partial charge in [0.1, 0.15) is 11.9 Å². The lowest BCUT2D eigenvalue weighted by atomic mass is 9.82. The quantitative estimate of drug-likeness (QED) is 0.492. The van der Waals surface area contributed by atoms with Crippen LogP contribution < -0.4 is 20.1 Å². The van der Waals surface area contributed by atoms with E-state index in [1.807, 2.05) is 12.1 Å². The van der Waals surface area contributed by atoms with Gasteiger partial charge in [0, 0.05) is 30.8 Å². The molecule has 2 amide bonds. The molecule has 1 fully saturated rings. The van der Waals surface area contributed by atoms with Crippen LogP contribution in [0.15, 0.2) is 42.5 Å². The van der Waals surface area contributed by atoms with Crippen molar-refractivity contribution in [3.63, 3.8) is 0 Å². The number of nitrogens with one attached hydrogen (secondary N) is 1. The van der Waals surface area contributed by atoms with Gasteiger partial charge in [-0.3, -0.25) is 9.59 Å². The summed E-state index contributed by atoms with van der Waals surface area (Å²) in [5, 5.41) is 23.5. The molecule has 8 nitrogen and oxygen atoms in total. The van der Waals surface area contributed by atoms with Crippen molar-refractivity contribution in [1.82, 2.24) is 0 Å². The van der Waals surface area contributed by atoms with E-state index in [1.165, 1.54) is 12.1 Å². The fourth-order valence-corrected chi connectivity index (χ4v) is 10.2. The van der Waals surface area contributed by atoms with Crippen LogP contribution in [0.25, 0.3) is 0 Å². The third-order valence-corrected chi connectivity index (χ3v) is 12.4. The van der Waals surface area contributed by atoms with Crippen LogP contribution in [-0.2, 0) is 19.9 Å². The molecule has 0 bridgehead atoms. The molecule has 3 N–H and O–H groups in total. The van der Waals surface area contributed by atoms with Gasteiger partial charge < -0.3 is 29.9 Å². The fourth-order valence-electron chi connectivity index (χ4n) is 6.14. The average Bonchev–Trinajstić information content (AvgIpc) is 3.26. The molecule has 36 heavy (non-hydrogen) atoms. The summed E-state index contributed by atoms with van der Waals surface area (Å²) in [5.41, 5.74) is 0.741. The molecule has 4 rings (SSSR count). The van der Waals surface area contributed by atoms with E-state index in [0.717, 1.165) is 11.4 Å². The topological polar surface area (TPSA) is 108 Å². The Morgan fingerprint density at radius 3 is 2.50 bits per heavy atom. The number of benzene rings is 2. The number of hydrogen-bond acceptors (Lipinski definition) is 6. The second-order valence-corrected chi connectivity index (χ2v) is 15.1. The highest BCUT2D eigenvalue weighted by atomic mass is 28.3. The maximum atomic E-state index is 13.9. The Balaban J connectivity index is 1.81. The van der Waals surface area contributed by atoms with Crippen molar-refractivity contribution in [2.45, 2.75) is 56.7 Å². The number of likely N-dealkylation sites (N-methyl/N-ethyl adjacent to an activating group) is 1. The van der Waals surface area contributed by atoms with E-state index in [1.54, 1.807) is 37.3 Å². The third-order valence-electron chi connectivity index (χ3n) is 8.03. The van der Waals surface area contributed by atoms with Crippen LogP contribution in [0.2, 0.25) is 18.6 Å². The van der Waals surface area contributed by atoms with Crippen LogP contribution in [0.3, 0.4) is 0 Å². The van der Waals surface area contributed by atoms with Gasteiger partial charge in [-0.05, 0) is 49.2 Å². The first-order valence-electron chi connectivity index (χ1n) is 12.3. The maximum absolute atomic E-state index is 13.9. The molecule has 2 aliphatic heterocycles. The zero-order chi connectivity index (χ0) is 26.4. The van der Waals surface area contributed by atoms with Crippen LogP contribution in [0.1, 0.15) is 25.8 Å². The Morgan fingerprint density at radius 1 is 1.25 bits per heavy atom. The fraction of sp³-hybridized carbons (Fsp3) is 0.481. The minimum atomic E-state index is -2.23. The SMILES string of the molecule is COc1ccc([Si](C)(C)[C@H]2[C@H](CCO)O[C@@]3(C(=O)N(C)c4ccc(NC(=O)[C@H](C)O)cc43)[C@@H]2C)cc1. The Bertz CT molecular complexity index is 1150. The van der Waals surface area contributed by atoms with Crippen molar-refractivity contribution in [3.8, 4) is 5.75 Å². The number of nitrogens with zero attached hydrogens (tertiary/aromatic N) is 1. The molecule has 0 unspecified atom stereocenters. The molecule has 9 heteroatoms. The highest BCUT2D eigenvalue weighted by Crippen LogP contribution is 2.59. The Kier molecular flexibility index (Phi) is 7.04. The zero-order valence-electron chi connectivity index (χ0n) is 21.7. The standard InChI is InChI=1S/C27H36N2O6Si/c1-16-24(36(5,6)20-10-8-19(34-4)9-11-20)23(13-14-30)35-27(16)21-15-18(28-25(32)17(2)31)7-12-22(21)29(3)26(27)33/h7-12,15-17,23-24,30-31H,13-14H2,1-6H3,(H,28,32)/t16-,17+,23+,24-,27+/m1/s1. The molecule has 2 aliphatic rings. The molecule has 1 spiro atoms. The second kappa shape index (κ2) is 9.62. The molecule has 2 heterocycles. The minimum Gasteiger partial charge on any atom is -0.497 e. The van der Waals surface area contributed by atoms with Gasteiger partial charge in [-0.2, -0.15) is 0 Å². The highest BCUT2D eigenvalue weighted by Gasteiger charge is 2.65. The number of anilines is 2. The summed E-state index contributed by atoms with van der Waals surface area (Å²) < 4.78 is 12.1. The van der Waals surface area contributed by atoms with Crippen molar-refractivity contribution < 1.29 is 29.3 Å². The van der Waals surface area contributed by atoms with Gasteiger partial charge in [0.15, 0.2) is 5.60 Å². The molecule has 1 saturated heterocycles. The smallest absolute Gasteiger partial charge is 0.264 e. The van der Waals surface area contributed by atoms with E-state index in [-0.39, 0.29) is 30.1 Å². The lowest BCUT2D eigenvalue weighted by Gasteiger charge is -2.37. The molecule has 2 aromatic carbocycles. The van der Waals surface area contributed by atoms with E-state index in [9.17, 15) is 19.8 Å². The summed E-state index contributed by atoms with van der Waals surface area (Å²) >= 11 is 0. The first-order valence-corrected chi connectivity index (χ1v) is 15.4. The number of carbonyl (C=O) groups excluding carboxylic acids is 2. The Morgan fingerprint density at radius 2 is 1.92 bits per heavy atom. The first-order chi connectivity index (χ1) is 17.0. The van der Waals surface area contributed by atoms with Crippen molar-refractivity contribution >= 4 is 36.4 Å². The summed E-state index contributed by atoms with van der Waals surface area (Å²) in [5.74, 6) is -0.0622. The molecule has 0 aliphatic carbocycles. The zero-order valence-corrected chi connectivity index (χ0v) is 22.7. The number of methoxy groups -OCH3 is 1. The number of rotatable bonds is 7. The van der Waals surface area contributed by atoms with Crippen molar-refractivity contribution in [1.29, 1.82) is 0 Å². The molecule has 194 valence electrons. The van der Waals surface area contributed by atoms with Gasteiger partial charge >= 0.3 is 0 Å². The Hall–Kier alpha value is -2.72. The molecular weight excluding hydrogens is 476 g/mol. The monoisotopic (exact) mass is 512 g/mol. The minimum absolute atomic E-state index is 0.0389. The van der Waals surface area contributed by atoms with Crippen LogP contribution in [-0.4, -0.2) is 63.1 Å². The van der Waals surface area contributed by atoms with E-state index < -0.39 is 25.7 Å². The Labute approximate surface area is 213 Å². The van der Waals surface area contributed by atoms with Gasteiger partial charge in [0.05, 0.1) is 27.0 Å². The normalized spacial score (nSPS) is 26.3. The first kappa shape index (κ1) is 26.3. The van der Waals surface area contributed by atoms with E-state index in [4.69, 9.17) is 9.47 Å². The van der Waals surface area contributed by atoms with Gasteiger partial charge in [0.25, 0.3) is 11.8 Å². The van der Waals surface area contributed by atoms with Crippen molar-refractivity contribution in [3.05, 3.63) is 48.0 Å². The summed E-state index contributed by atoms with van der Waals surface area (Å²) in [7, 11) is 1.15. The van der Waals surface area contributed by atoms with Crippen molar-refractivity contribution in [2.75, 3.05) is 31.0 Å². The van der Waals surface area contributed by atoms with Crippen LogP contribution in [0.4, 0.5) is 11.4 Å². The maximum Gasteiger partial charge on any atom is 0.264 e.